The fourth-order valence-electron chi connectivity index (χ4n) is 3.36. The molecule has 2 amide bonds. The normalized spacial score (nSPS) is 13.8. The summed E-state index contributed by atoms with van der Waals surface area (Å²) in [6, 6.07) is 14.7. The lowest BCUT2D eigenvalue weighted by Gasteiger charge is -2.37. The van der Waals surface area contributed by atoms with Gasteiger partial charge in [0.1, 0.15) is 0 Å². The summed E-state index contributed by atoms with van der Waals surface area (Å²) in [6.07, 6.45) is -2.81. The topological polar surface area (TPSA) is 71.7 Å². The second-order valence-electron chi connectivity index (χ2n) is 6.85. The maximum absolute atomic E-state index is 13.0. The maximum Gasteiger partial charge on any atom is 0.325 e. The minimum atomic E-state index is -2.81. The molecule has 1 aromatic heterocycles. The van der Waals surface area contributed by atoms with E-state index in [-0.39, 0.29) is 11.9 Å². The van der Waals surface area contributed by atoms with Gasteiger partial charge in [0.05, 0.1) is 18.8 Å². The minimum absolute atomic E-state index is 0.0296. The van der Waals surface area contributed by atoms with Gasteiger partial charge in [0, 0.05) is 25.8 Å². The highest BCUT2D eigenvalue weighted by Gasteiger charge is 2.29. The predicted octanol–water partition coefficient (Wildman–Crippen LogP) is 4.26. The lowest BCUT2D eigenvalue weighted by molar-refractivity contribution is 0.116. The Balaban J connectivity index is 1.55. The van der Waals surface area contributed by atoms with E-state index < -0.39 is 12.3 Å². The molecule has 0 N–H and O–H groups in total. The van der Waals surface area contributed by atoms with E-state index in [1.54, 1.807) is 29.0 Å². The summed E-state index contributed by atoms with van der Waals surface area (Å²) in [5.41, 5.74) is 3.35. The van der Waals surface area contributed by atoms with Gasteiger partial charge in [0.25, 0.3) is 5.89 Å². The Morgan fingerprint density at radius 3 is 2.60 bits per heavy atom. The Kier molecular flexibility index (Phi) is 5.71. The molecule has 0 atom stereocenters. The third kappa shape index (κ3) is 4.02. The largest absolute Gasteiger partial charge is 0.415 e. The Labute approximate surface area is 171 Å². The molecule has 0 radical (unpaired) electrons. The number of carbonyl (C=O) groups excluding carboxylic acids is 1. The second-order valence-corrected chi connectivity index (χ2v) is 6.85. The molecule has 0 saturated carbocycles. The third-order valence-corrected chi connectivity index (χ3v) is 4.88. The lowest BCUT2D eigenvalue weighted by atomic mass is 10.1. The zero-order valence-corrected chi connectivity index (χ0v) is 16.3. The standard InChI is InChI=1S/C21H20F2N4O3/c1-29-11-10-26-13-16-4-2-3-5-17(16)27(21(26)28)12-14-6-8-15(9-7-14)19-24-25-20(30-19)18(22)23/h2-9,18H,10-13H2,1H3. The van der Waals surface area contributed by atoms with Gasteiger partial charge in [-0.2, -0.15) is 8.78 Å². The number of halogens is 2. The van der Waals surface area contributed by atoms with Crippen molar-refractivity contribution >= 4 is 11.7 Å². The number of benzene rings is 2. The quantitative estimate of drug-likeness (QED) is 0.578. The zero-order valence-electron chi connectivity index (χ0n) is 16.3. The average Bonchev–Trinajstić information content (AvgIpc) is 3.26. The first-order valence-electron chi connectivity index (χ1n) is 9.41. The molecule has 2 heterocycles. The van der Waals surface area contributed by atoms with Crippen LogP contribution in [-0.4, -0.2) is 41.4 Å². The predicted molar refractivity (Wildman–Crippen MR) is 105 cm³/mol. The van der Waals surface area contributed by atoms with Gasteiger partial charge in [-0.3, -0.25) is 4.90 Å². The fraction of sp³-hybridized carbons (Fsp3) is 0.286. The first kappa shape index (κ1) is 20.0. The van der Waals surface area contributed by atoms with Crippen LogP contribution in [0.5, 0.6) is 0 Å². The van der Waals surface area contributed by atoms with Crippen LogP contribution >= 0.6 is 0 Å². The molecule has 0 unspecified atom stereocenters. The van der Waals surface area contributed by atoms with Crippen LogP contribution in [0.25, 0.3) is 11.5 Å². The molecule has 0 bridgehead atoms. The van der Waals surface area contributed by atoms with E-state index in [9.17, 15) is 13.6 Å². The Morgan fingerprint density at radius 1 is 1.13 bits per heavy atom. The van der Waals surface area contributed by atoms with Gasteiger partial charge in [-0.15, -0.1) is 10.2 Å². The van der Waals surface area contributed by atoms with Gasteiger partial charge in [0.15, 0.2) is 0 Å². The van der Waals surface area contributed by atoms with Gasteiger partial charge < -0.3 is 14.1 Å². The number of rotatable bonds is 7. The molecule has 156 valence electrons. The van der Waals surface area contributed by atoms with Crippen LogP contribution in [-0.2, 0) is 17.8 Å². The van der Waals surface area contributed by atoms with Crippen molar-refractivity contribution < 1.29 is 22.7 Å². The molecule has 0 saturated heterocycles. The molecule has 4 rings (SSSR count). The highest BCUT2D eigenvalue weighted by Crippen LogP contribution is 2.30. The van der Waals surface area contributed by atoms with Crippen molar-refractivity contribution in [2.45, 2.75) is 19.5 Å². The van der Waals surface area contributed by atoms with E-state index in [0.29, 0.717) is 31.8 Å². The van der Waals surface area contributed by atoms with Gasteiger partial charge in [-0.25, -0.2) is 4.79 Å². The fourth-order valence-corrected chi connectivity index (χ4v) is 3.36. The van der Waals surface area contributed by atoms with Gasteiger partial charge >= 0.3 is 12.5 Å². The molecule has 3 aromatic rings. The van der Waals surface area contributed by atoms with Crippen LogP contribution in [0.2, 0.25) is 0 Å². The van der Waals surface area contributed by atoms with Crippen molar-refractivity contribution in [1.29, 1.82) is 0 Å². The Hall–Kier alpha value is -3.33. The van der Waals surface area contributed by atoms with Gasteiger partial charge in [-0.1, -0.05) is 30.3 Å². The van der Waals surface area contributed by atoms with Crippen LogP contribution in [0.1, 0.15) is 23.4 Å². The van der Waals surface area contributed by atoms with Crippen LogP contribution in [0, 0.1) is 0 Å². The molecule has 0 spiro atoms. The summed E-state index contributed by atoms with van der Waals surface area (Å²) in [5.74, 6) is -0.678. The molecule has 2 aromatic carbocycles. The van der Waals surface area contributed by atoms with E-state index >= 15 is 0 Å². The molecular formula is C21H20F2N4O3. The molecule has 0 aliphatic carbocycles. The number of amides is 2. The van der Waals surface area contributed by atoms with E-state index in [2.05, 4.69) is 10.2 Å². The first-order chi connectivity index (χ1) is 14.6. The van der Waals surface area contributed by atoms with Gasteiger partial charge in [-0.05, 0) is 29.3 Å². The van der Waals surface area contributed by atoms with E-state index in [1.807, 2.05) is 36.4 Å². The van der Waals surface area contributed by atoms with Crippen molar-refractivity contribution in [3.8, 4) is 11.5 Å². The van der Waals surface area contributed by atoms with Crippen LogP contribution in [0.4, 0.5) is 19.3 Å². The number of methoxy groups -OCH3 is 1. The average molecular weight is 414 g/mol. The molecule has 7 nitrogen and oxygen atoms in total. The number of aromatic nitrogens is 2. The molecule has 1 aliphatic heterocycles. The number of alkyl halides is 2. The molecule has 1 aliphatic rings. The number of para-hydroxylation sites is 1. The third-order valence-electron chi connectivity index (χ3n) is 4.88. The van der Waals surface area contributed by atoms with E-state index in [4.69, 9.17) is 9.15 Å². The minimum Gasteiger partial charge on any atom is -0.415 e. The number of urea groups is 1. The van der Waals surface area contributed by atoms with Crippen molar-refractivity contribution in [3.05, 3.63) is 65.5 Å². The summed E-state index contributed by atoms with van der Waals surface area (Å²) in [6.45, 7) is 1.87. The number of hydrogen-bond donors (Lipinski definition) is 0. The summed E-state index contributed by atoms with van der Waals surface area (Å²) >= 11 is 0. The van der Waals surface area contributed by atoms with Crippen LogP contribution < -0.4 is 4.90 Å². The number of ether oxygens (including phenoxy) is 1. The van der Waals surface area contributed by atoms with Crippen LogP contribution in [0.15, 0.2) is 52.9 Å². The summed E-state index contributed by atoms with van der Waals surface area (Å²) in [5, 5.41) is 6.99. The molecule has 30 heavy (non-hydrogen) atoms. The van der Waals surface area contributed by atoms with E-state index in [1.165, 1.54) is 0 Å². The first-order valence-corrected chi connectivity index (χ1v) is 9.41. The highest BCUT2D eigenvalue weighted by atomic mass is 19.3. The maximum atomic E-state index is 13.0. The van der Waals surface area contributed by atoms with Crippen LogP contribution in [0.3, 0.4) is 0 Å². The number of hydrogen-bond acceptors (Lipinski definition) is 5. The Morgan fingerprint density at radius 2 is 1.90 bits per heavy atom. The zero-order chi connectivity index (χ0) is 21.1. The number of nitrogens with zero attached hydrogens (tertiary/aromatic N) is 4. The molecule has 0 fully saturated rings. The summed E-state index contributed by atoms with van der Waals surface area (Å²) in [7, 11) is 1.61. The van der Waals surface area contributed by atoms with Crippen molar-refractivity contribution in [2.75, 3.05) is 25.2 Å². The number of carbonyl (C=O) groups is 1. The number of fused-ring (bicyclic) bond motifs is 1. The van der Waals surface area contributed by atoms with Crippen molar-refractivity contribution in [2.24, 2.45) is 0 Å². The van der Waals surface area contributed by atoms with Crippen molar-refractivity contribution in [1.82, 2.24) is 15.1 Å². The second kappa shape index (κ2) is 8.58. The van der Waals surface area contributed by atoms with E-state index in [0.717, 1.165) is 16.8 Å². The highest BCUT2D eigenvalue weighted by molar-refractivity contribution is 5.94. The Bertz CT molecular complexity index is 1020. The molecular weight excluding hydrogens is 394 g/mol. The lowest BCUT2D eigenvalue weighted by Crippen LogP contribution is -2.47. The number of anilines is 1. The molecule has 9 heteroatoms. The smallest absolute Gasteiger partial charge is 0.325 e. The van der Waals surface area contributed by atoms with Crippen molar-refractivity contribution in [3.63, 3.8) is 0 Å². The monoisotopic (exact) mass is 414 g/mol. The SMILES string of the molecule is COCCN1Cc2ccccc2N(Cc2ccc(-c3nnc(C(F)F)o3)cc2)C1=O. The van der Waals surface area contributed by atoms with Gasteiger partial charge in [0.2, 0.25) is 5.89 Å². The summed E-state index contributed by atoms with van der Waals surface area (Å²) < 4.78 is 35.4. The summed E-state index contributed by atoms with van der Waals surface area (Å²) in [4.78, 5) is 16.5.